The van der Waals surface area contributed by atoms with Crippen LogP contribution in [0.15, 0.2) is 0 Å². The number of nitrogens with one attached hydrogen (secondary N) is 1. The van der Waals surface area contributed by atoms with Crippen LogP contribution < -0.4 is 5.32 Å². The van der Waals surface area contributed by atoms with Crippen molar-refractivity contribution in [3.8, 4) is 0 Å². The van der Waals surface area contributed by atoms with Crippen LogP contribution in [0, 0.1) is 17.3 Å². The SMILES string of the molecule is CC(C)C1(C(C)C)CNC(O)C1. The first-order chi connectivity index (χ1) is 5.49. The summed E-state index contributed by atoms with van der Waals surface area (Å²) in [4.78, 5) is 0. The van der Waals surface area contributed by atoms with Crippen molar-refractivity contribution in [3.63, 3.8) is 0 Å². The molecule has 0 aromatic rings. The zero-order valence-electron chi connectivity index (χ0n) is 8.59. The average Bonchev–Trinajstić information content (AvgIpc) is 2.32. The molecule has 0 saturated carbocycles. The summed E-state index contributed by atoms with van der Waals surface area (Å²) < 4.78 is 0. The van der Waals surface area contributed by atoms with Crippen molar-refractivity contribution < 1.29 is 5.11 Å². The standard InChI is InChI=1S/C10H21NO/c1-7(2)10(8(3)4)5-9(12)11-6-10/h7-9,11-12H,5-6H2,1-4H3. The van der Waals surface area contributed by atoms with Crippen LogP contribution in [0.1, 0.15) is 34.1 Å². The number of rotatable bonds is 2. The van der Waals surface area contributed by atoms with E-state index in [0.29, 0.717) is 17.3 Å². The van der Waals surface area contributed by atoms with Gasteiger partial charge < -0.3 is 5.11 Å². The van der Waals surface area contributed by atoms with Crippen LogP contribution in [0.5, 0.6) is 0 Å². The Morgan fingerprint density at radius 3 is 1.92 bits per heavy atom. The minimum absolute atomic E-state index is 0.283. The van der Waals surface area contributed by atoms with Crippen molar-refractivity contribution in [2.24, 2.45) is 17.3 Å². The largest absolute Gasteiger partial charge is 0.379 e. The summed E-state index contributed by atoms with van der Waals surface area (Å²) in [6.45, 7) is 9.96. The number of hydrogen-bond donors (Lipinski definition) is 2. The number of hydrogen-bond acceptors (Lipinski definition) is 2. The summed E-state index contributed by atoms with van der Waals surface area (Å²) >= 11 is 0. The lowest BCUT2D eigenvalue weighted by molar-refractivity contribution is 0.0943. The summed E-state index contributed by atoms with van der Waals surface area (Å²) in [6, 6.07) is 0. The van der Waals surface area contributed by atoms with E-state index in [4.69, 9.17) is 0 Å². The van der Waals surface area contributed by atoms with Crippen molar-refractivity contribution in [2.75, 3.05) is 6.54 Å². The van der Waals surface area contributed by atoms with Gasteiger partial charge in [0, 0.05) is 6.54 Å². The minimum Gasteiger partial charge on any atom is -0.379 e. The molecule has 2 N–H and O–H groups in total. The molecule has 72 valence electrons. The van der Waals surface area contributed by atoms with Gasteiger partial charge in [-0.05, 0) is 23.7 Å². The number of aliphatic hydroxyl groups excluding tert-OH is 1. The van der Waals surface area contributed by atoms with Gasteiger partial charge in [-0.1, -0.05) is 27.7 Å². The minimum atomic E-state index is -0.283. The molecule has 2 nitrogen and oxygen atoms in total. The van der Waals surface area contributed by atoms with Crippen molar-refractivity contribution in [1.82, 2.24) is 5.32 Å². The first-order valence-corrected chi connectivity index (χ1v) is 4.90. The second-order valence-electron chi connectivity index (χ2n) is 4.64. The first-order valence-electron chi connectivity index (χ1n) is 4.90. The van der Waals surface area contributed by atoms with Crippen LogP contribution in [-0.4, -0.2) is 17.9 Å². The van der Waals surface area contributed by atoms with Gasteiger partial charge in [0.15, 0.2) is 0 Å². The molecular weight excluding hydrogens is 150 g/mol. The number of aliphatic hydroxyl groups is 1. The first kappa shape index (κ1) is 10.0. The van der Waals surface area contributed by atoms with Gasteiger partial charge >= 0.3 is 0 Å². The van der Waals surface area contributed by atoms with Crippen molar-refractivity contribution in [3.05, 3.63) is 0 Å². The van der Waals surface area contributed by atoms with Crippen LogP contribution in [0.3, 0.4) is 0 Å². The molecule has 0 aliphatic carbocycles. The predicted octanol–water partition coefficient (Wildman–Crippen LogP) is 1.60. The van der Waals surface area contributed by atoms with E-state index in [1.165, 1.54) is 0 Å². The molecule has 1 rings (SSSR count). The second-order valence-corrected chi connectivity index (χ2v) is 4.64. The summed E-state index contributed by atoms with van der Waals surface area (Å²) in [5.74, 6) is 1.28. The Labute approximate surface area is 75.4 Å². The van der Waals surface area contributed by atoms with Gasteiger partial charge in [0.05, 0.1) is 0 Å². The van der Waals surface area contributed by atoms with E-state index in [1.807, 2.05) is 0 Å². The Bertz CT molecular complexity index is 146. The molecule has 0 aromatic heterocycles. The molecule has 1 aliphatic rings. The highest BCUT2D eigenvalue weighted by Gasteiger charge is 2.43. The van der Waals surface area contributed by atoms with Gasteiger partial charge in [0.25, 0.3) is 0 Å². The maximum absolute atomic E-state index is 9.45. The summed E-state index contributed by atoms with van der Waals surface area (Å²) in [5.41, 5.74) is 0.305. The quantitative estimate of drug-likeness (QED) is 0.661. The molecule has 2 heteroatoms. The van der Waals surface area contributed by atoms with E-state index in [2.05, 4.69) is 33.0 Å². The van der Waals surface area contributed by atoms with Crippen LogP contribution in [0.25, 0.3) is 0 Å². The molecule has 1 aliphatic heterocycles. The zero-order valence-corrected chi connectivity index (χ0v) is 8.59. The van der Waals surface area contributed by atoms with Crippen molar-refractivity contribution in [2.45, 2.75) is 40.3 Å². The summed E-state index contributed by atoms with van der Waals surface area (Å²) in [5, 5.41) is 12.6. The topological polar surface area (TPSA) is 32.3 Å². The summed E-state index contributed by atoms with van der Waals surface area (Å²) in [6.07, 6.45) is 0.622. The zero-order chi connectivity index (χ0) is 9.35. The highest BCUT2D eigenvalue weighted by atomic mass is 16.3. The molecule has 0 spiro atoms. The van der Waals surface area contributed by atoms with Crippen molar-refractivity contribution >= 4 is 0 Å². The van der Waals surface area contributed by atoms with Gasteiger partial charge in [0.1, 0.15) is 6.23 Å². The van der Waals surface area contributed by atoms with Crippen molar-refractivity contribution in [1.29, 1.82) is 0 Å². The molecule has 0 amide bonds. The van der Waals surface area contributed by atoms with Crippen LogP contribution in [0.2, 0.25) is 0 Å². The van der Waals surface area contributed by atoms with E-state index in [0.717, 1.165) is 13.0 Å². The molecule has 0 radical (unpaired) electrons. The molecule has 1 saturated heterocycles. The Kier molecular flexibility index (Phi) is 2.79. The highest BCUT2D eigenvalue weighted by molar-refractivity contribution is 4.94. The van der Waals surface area contributed by atoms with Gasteiger partial charge in [-0.25, -0.2) is 0 Å². The molecule has 1 heterocycles. The molecule has 1 unspecified atom stereocenters. The molecule has 0 bridgehead atoms. The van der Waals surface area contributed by atoms with Gasteiger partial charge in [-0.15, -0.1) is 0 Å². The Morgan fingerprint density at radius 1 is 1.25 bits per heavy atom. The molecule has 1 fully saturated rings. The molecular formula is C10H21NO. The Morgan fingerprint density at radius 2 is 1.75 bits per heavy atom. The molecule has 0 aromatic carbocycles. The highest BCUT2D eigenvalue weighted by Crippen LogP contribution is 2.42. The fourth-order valence-electron chi connectivity index (χ4n) is 2.36. The summed E-state index contributed by atoms with van der Waals surface area (Å²) in [7, 11) is 0. The maximum atomic E-state index is 9.45. The van der Waals surface area contributed by atoms with E-state index < -0.39 is 0 Å². The normalized spacial score (nSPS) is 28.8. The monoisotopic (exact) mass is 171 g/mol. The van der Waals surface area contributed by atoms with Crippen LogP contribution in [0.4, 0.5) is 0 Å². The Balaban J connectivity index is 2.75. The average molecular weight is 171 g/mol. The van der Waals surface area contributed by atoms with Crippen LogP contribution in [-0.2, 0) is 0 Å². The van der Waals surface area contributed by atoms with E-state index in [1.54, 1.807) is 0 Å². The molecule has 12 heavy (non-hydrogen) atoms. The third-order valence-corrected chi connectivity index (χ3v) is 3.54. The van der Waals surface area contributed by atoms with E-state index in [9.17, 15) is 5.11 Å². The van der Waals surface area contributed by atoms with E-state index >= 15 is 0 Å². The van der Waals surface area contributed by atoms with Crippen LogP contribution >= 0.6 is 0 Å². The van der Waals surface area contributed by atoms with Gasteiger partial charge in [-0.3, -0.25) is 5.32 Å². The van der Waals surface area contributed by atoms with Gasteiger partial charge in [-0.2, -0.15) is 0 Å². The lowest BCUT2D eigenvalue weighted by atomic mass is 9.68. The third-order valence-electron chi connectivity index (χ3n) is 3.54. The second kappa shape index (κ2) is 3.35. The third kappa shape index (κ3) is 1.50. The van der Waals surface area contributed by atoms with Gasteiger partial charge in [0.2, 0.25) is 0 Å². The lowest BCUT2D eigenvalue weighted by Crippen LogP contribution is -2.35. The molecule has 1 atom stereocenters. The van der Waals surface area contributed by atoms with E-state index in [-0.39, 0.29) is 6.23 Å². The smallest absolute Gasteiger partial charge is 0.105 e. The maximum Gasteiger partial charge on any atom is 0.105 e. The fourth-order valence-corrected chi connectivity index (χ4v) is 2.36. The lowest BCUT2D eigenvalue weighted by Gasteiger charge is -2.36. The predicted molar refractivity (Wildman–Crippen MR) is 50.7 cm³/mol. The Hall–Kier alpha value is -0.0800. The fraction of sp³-hybridized carbons (Fsp3) is 1.00.